The molecule has 19 heavy (non-hydrogen) atoms. The molecule has 0 heterocycles. The number of aliphatic hydroxyl groups excluding tert-OH is 1. The van der Waals surface area contributed by atoms with Crippen LogP contribution in [0.15, 0.2) is 0 Å². The first-order chi connectivity index (χ1) is 8.63. The number of nitrogens with one attached hydrogen (secondary N) is 1. The number of hydrogen-bond donors (Lipinski definition) is 2. The van der Waals surface area contributed by atoms with E-state index in [2.05, 4.69) is 51.9 Å². The van der Waals surface area contributed by atoms with E-state index in [1.807, 2.05) is 0 Å². The van der Waals surface area contributed by atoms with E-state index in [1.54, 1.807) is 0 Å². The zero-order valence-electron chi connectivity index (χ0n) is 13.8. The van der Waals surface area contributed by atoms with Crippen molar-refractivity contribution in [2.75, 3.05) is 26.7 Å². The highest BCUT2D eigenvalue weighted by atomic mass is 16.3. The Balaban J connectivity index is 2.36. The Bertz CT molecular complexity index is 268. The molecule has 1 aliphatic carbocycles. The molecule has 1 atom stereocenters. The van der Waals surface area contributed by atoms with Crippen molar-refractivity contribution in [1.82, 2.24) is 10.2 Å². The second-order valence-corrected chi connectivity index (χ2v) is 7.96. The summed E-state index contributed by atoms with van der Waals surface area (Å²) in [7, 11) is 2.22. The highest BCUT2D eigenvalue weighted by molar-refractivity contribution is 4.85. The second-order valence-electron chi connectivity index (χ2n) is 7.96. The Labute approximate surface area is 119 Å². The van der Waals surface area contributed by atoms with Crippen LogP contribution in [-0.4, -0.2) is 48.3 Å². The van der Waals surface area contributed by atoms with E-state index < -0.39 is 0 Å². The topological polar surface area (TPSA) is 35.5 Å². The average Bonchev–Trinajstić information content (AvgIpc) is 2.23. The number of rotatable bonds is 7. The van der Waals surface area contributed by atoms with Crippen molar-refractivity contribution in [2.45, 2.75) is 65.5 Å². The highest BCUT2D eigenvalue weighted by Gasteiger charge is 2.30. The molecule has 1 saturated carbocycles. The fraction of sp³-hybridized carbons (Fsp3) is 1.00. The van der Waals surface area contributed by atoms with Crippen LogP contribution in [-0.2, 0) is 0 Å². The first-order valence-corrected chi connectivity index (χ1v) is 7.75. The summed E-state index contributed by atoms with van der Waals surface area (Å²) in [6, 6.07) is 0. The third kappa shape index (κ3) is 6.24. The molecular weight excluding hydrogens is 236 g/mol. The number of nitrogens with zero attached hydrogens (tertiary/aromatic N) is 1. The molecule has 1 fully saturated rings. The maximum absolute atomic E-state index is 9.36. The van der Waals surface area contributed by atoms with Gasteiger partial charge in [-0.1, -0.05) is 13.8 Å². The van der Waals surface area contributed by atoms with Crippen LogP contribution < -0.4 is 5.32 Å². The van der Waals surface area contributed by atoms with E-state index in [1.165, 1.54) is 6.42 Å². The average molecular weight is 270 g/mol. The van der Waals surface area contributed by atoms with E-state index in [0.717, 1.165) is 32.5 Å². The second kappa shape index (κ2) is 6.55. The van der Waals surface area contributed by atoms with Crippen LogP contribution in [0.5, 0.6) is 0 Å². The molecule has 0 aromatic heterocycles. The van der Waals surface area contributed by atoms with E-state index in [0.29, 0.717) is 11.3 Å². The Morgan fingerprint density at radius 2 is 1.79 bits per heavy atom. The monoisotopic (exact) mass is 270 g/mol. The molecule has 0 aromatic rings. The minimum absolute atomic E-state index is 0.0292. The predicted octanol–water partition coefficient (Wildman–Crippen LogP) is 2.49. The van der Waals surface area contributed by atoms with Crippen LogP contribution in [0.1, 0.15) is 53.9 Å². The summed E-state index contributed by atoms with van der Waals surface area (Å²) in [6.45, 7) is 14.6. The molecule has 3 heteroatoms. The lowest BCUT2D eigenvalue weighted by Crippen LogP contribution is -2.48. The quantitative estimate of drug-likeness (QED) is 0.746. The molecule has 0 spiro atoms. The fourth-order valence-electron chi connectivity index (χ4n) is 2.78. The van der Waals surface area contributed by atoms with Crippen molar-refractivity contribution >= 4 is 0 Å². The van der Waals surface area contributed by atoms with Crippen LogP contribution in [0.2, 0.25) is 0 Å². The molecule has 114 valence electrons. The fourth-order valence-corrected chi connectivity index (χ4v) is 2.78. The predicted molar refractivity (Wildman–Crippen MR) is 82.4 cm³/mol. The Hall–Kier alpha value is -0.120. The lowest BCUT2D eigenvalue weighted by molar-refractivity contribution is 0.0220. The number of aliphatic hydroxyl groups is 1. The zero-order valence-corrected chi connectivity index (χ0v) is 13.8. The van der Waals surface area contributed by atoms with Gasteiger partial charge in [-0.3, -0.25) is 0 Å². The van der Waals surface area contributed by atoms with E-state index in [9.17, 15) is 5.11 Å². The first kappa shape index (κ1) is 16.9. The molecule has 1 unspecified atom stereocenters. The molecular formula is C16H34N2O. The summed E-state index contributed by atoms with van der Waals surface area (Å²) in [5.41, 5.74) is 0.511. The van der Waals surface area contributed by atoms with Crippen molar-refractivity contribution in [3.05, 3.63) is 0 Å². The van der Waals surface area contributed by atoms with Gasteiger partial charge in [-0.15, -0.1) is 0 Å². The largest absolute Gasteiger partial charge is 0.393 e. The summed E-state index contributed by atoms with van der Waals surface area (Å²) >= 11 is 0. The van der Waals surface area contributed by atoms with Gasteiger partial charge >= 0.3 is 0 Å². The Morgan fingerprint density at radius 1 is 1.21 bits per heavy atom. The van der Waals surface area contributed by atoms with Gasteiger partial charge in [0, 0.05) is 25.2 Å². The third-order valence-corrected chi connectivity index (χ3v) is 4.33. The van der Waals surface area contributed by atoms with Gasteiger partial charge in [-0.25, -0.2) is 0 Å². The molecule has 1 aliphatic rings. The van der Waals surface area contributed by atoms with E-state index >= 15 is 0 Å². The maximum Gasteiger partial charge on any atom is 0.0546 e. The van der Waals surface area contributed by atoms with Crippen LogP contribution in [0.3, 0.4) is 0 Å². The SMILES string of the molecule is CCC(C)(CNC(C)(C)C)CN(C)CC1CC(O)C1. The summed E-state index contributed by atoms with van der Waals surface area (Å²) in [5, 5.41) is 13.0. The molecule has 1 rings (SSSR count). The van der Waals surface area contributed by atoms with Gasteiger partial charge in [0.2, 0.25) is 0 Å². The Morgan fingerprint density at radius 3 is 2.21 bits per heavy atom. The molecule has 0 amide bonds. The van der Waals surface area contributed by atoms with Gasteiger partial charge in [-0.2, -0.15) is 0 Å². The number of hydrogen-bond acceptors (Lipinski definition) is 3. The molecule has 2 N–H and O–H groups in total. The lowest BCUT2D eigenvalue weighted by atomic mass is 9.81. The van der Waals surface area contributed by atoms with Gasteiger partial charge in [-0.05, 0) is 58.4 Å². The first-order valence-electron chi connectivity index (χ1n) is 7.75. The van der Waals surface area contributed by atoms with Crippen molar-refractivity contribution in [1.29, 1.82) is 0 Å². The molecule has 0 bridgehead atoms. The third-order valence-electron chi connectivity index (χ3n) is 4.33. The maximum atomic E-state index is 9.36. The minimum atomic E-state index is -0.0292. The normalized spacial score (nSPS) is 27.2. The van der Waals surface area contributed by atoms with Gasteiger partial charge < -0.3 is 15.3 Å². The molecule has 0 aromatic carbocycles. The molecule has 0 aliphatic heterocycles. The smallest absolute Gasteiger partial charge is 0.0546 e. The summed E-state index contributed by atoms with van der Waals surface area (Å²) in [4.78, 5) is 2.45. The van der Waals surface area contributed by atoms with Gasteiger partial charge in [0.15, 0.2) is 0 Å². The van der Waals surface area contributed by atoms with E-state index in [-0.39, 0.29) is 11.6 Å². The summed E-state index contributed by atoms with van der Waals surface area (Å²) in [5.74, 6) is 0.705. The molecule has 3 nitrogen and oxygen atoms in total. The van der Waals surface area contributed by atoms with Crippen molar-refractivity contribution < 1.29 is 5.11 Å². The zero-order chi connectivity index (χ0) is 14.7. The van der Waals surface area contributed by atoms with Crippen molar-refractivity contribution in [2.24, 2.45) is 11.3 Å². The standard InChI is InChI=1S/C16H34N2O/c1-7-16(5,11-17-15(2,3)4)12-18(6)10-13-8-14(19)9-13/h13-14,17,19H,7-12H2,1-6H3. The molecule has 0 saturated heterocycles. The van der Waals surface area contributed by atoms with Crippen LogP contribution in [0, 0.1) is 11.3 Å². The molecule has 0 radical (unpaired) electrons. The highest BCUT2D eigenvalue weighted by Crippen LogP contribution is 2.29. The van der Waals surface area contributed by atoms with Gasteiger partial charge in [0.05, 0.1) is 6.10 Å². The lowest BCUT2D eigenvalue weighted by Gasteiger charge is -2.39. The van der Waals surface area contributed by atoms with Crippen LogP contribution in [0.4, 0.5) is 0 Å². The van der Waals surface area contributed by atoms with Gasteiger partial charge in [0.1, 0.15) is 0 Å². The summed E-state index contributed by atoms with van der Waals surface area (Å²) < 4.78 is 0. The minimum Gasteiger partial charge on any atom is -0.393 e. The van der Waals surface area contributed by atoms with Crippen molar-refractivity contribution in [3.63, 3.8) is 0 Å². The summed E-state index contributed by atoms with van der Waals surface area (Å²) in [6.07, 6.45) is 3.15. The van der Waals surface area contributed by atoms with E-state index in [4.69, 9.17) is 0 Å². The van der Waals surface area contributed by atoms with Crippen molar-refractivity contribution in [3.8, 4) is 0 Å². The van der Waals surface area contributed by atoms with Crippen LogP contribution in [0.25, 0.3) is 0 Å². The van der Waals surface area contributed by atoms with Gasteiger partial charge in [0.25, 0.3) is 0 Å². The Kier molecular flexibility index (Phi) is 5.84. The van der Waals surface area contributed by atoms with Crippen LogP contribution >= 0.6 is 0 Å².